The van der Waals surface area contributed by atoms with E-state index in [-0.39, 0.29) is 11.3 Å². The van der Waals surface area contributed by atoms with E-state index in [0.29, 0.717) is 19.6 Å². The largest absolute Gasteiger partial charge is 0.494 e. The van der Waals surface area contributed by atoms with Crippen LogP contribution in [0.3, 0.4) is 0 Å². The first kappa shape index (κ1) is 17.5. The van der Waals surface area contributed by atoms with Gasteiger partial charge in [-0.2, -0.15) is 0 Å². The predicted molar refractivity (Wildman–Crippen MR) is 86.7 cm³/mol. The standard InChI is InChI=1S/C17H28N2O2/c1-6-21-15-9-7-14(8-10-15)11-16(20)18-12-17(2,3)13-19(4)5/h7-10H,6,11-13H2,1-5H3,(H,18,20). The molecule has 4 heteroatoms. The Balaban J connectivity index is 2.43. The van der Waals surface area contributed by atoms with E-state index >= 15 is 0 Å². The van der Waals surface area contributed by atoms with E-state index in [1.165, 1.54) is 0 Å². The van der Waals surface area contributed by atoms with E-state index in [4.69, 9.17) is 4.74 Å². The summed E-state index contributed by atoms with van der Waals surface area (Å²) in [6, 6.07) is 7.69. The van der Waals surface area contributed by atoms with Gasteiger partial charge < -0.3 is 15.0 Å². The lowest BCUT2D eigenvalue weighted by Crippen LogP contribution is -2.40. The van der Waals surface area contributed by atoms with Crippen molar-refractivity contribution in [1.29, 1.82) is 0 Å². The average molecular weight is 292 g/mol. The van der Waals surface area contributed by atoms with Crippen molar-refractivity contribution in [2.45, 2.75) is 27.2 Å². The Morgan fingerprint density at radius 2 is 1.86 bits per heavy atom. The summed E-state index contributed by atoms with van der Waals surface area (Å²) in [5.74, 6) is 0.903. The van der Waals surface area contributed by atoms with Crippen LogP contribution in [-0.4, -0.2) is 44.6 Å². The smallest absolute Gasteiger partial charge is 0.224 e. The molecule has 0 radical (unpaired) electrons. The van der Waals surface area contributed by atoms with Gasteiger partial charge in [-0.25, -0.2) is 0 Å². The molecule has 0 saturated heterocycles. The SMILES string of the molecule is CCOc1ccc(CC(=O)NCC(C)(C)CN(C)C)cc1. The van der Waals surface area contributed by atoms with Gasteiger partial charge in [0.15, 0.2) is 0 Å². The monoisotopic (exact) mass is 292 g/mol. The third-order valence-corrected chi connectivity index (χ3v) is 3.11. The van der Waals surface area contributed by atoms with Gasteiger partial charge >= 0.3 is 0 Å². The van der Waals surface area contributed by atoms with Gasteiger partial charge in [0.2, 0.25) is 5.91 Å². The molecule has 0 atom stereocenters. The molecule has 0 aliphatic heterocycles. The first-order chi connectivity index (χ1) is 9.82. The zero-order chi connectivity index (χ0) is 15.9. The van der Waals surface area contributed by atoms with E-state index in [1.807, 2.05) is 45.3 Å². The summed E-state index contributed by atoms with van der Waals surface area (Å²) < 4.78 is 5.39. The molecular weight excluding hydrogens is 264 g/mol. The van der Waals surface area contributed by atoms with Crippen LogP contribution in [0.4, 0.5) is 0 Å². The van der Waals surface area contributed by atoms with Gasteiger partial charge in [0.1, 0.15) is 5.75 Å². The lowest BCUT2D eigenvalue weighted by atomic mass is 9.93. The highest BCUT2D eigenvalue weighted by Crippen LogP contribution is 2.15. The van der Waals surface area contributed by atoms with E-state index in [9.17, 15) is 4.79 Å². The van der Waals surface area contributed by atoms with Crippen molar-refractivity contribution in [3.8, 4) is 5.75 Å². The molecule has 0 aliphatic carbocycles. The summed E-state index contributed by atoms with van der Waals surface area (Å²) in [6.07, 6.45) is 0.407. The fourth-order valence-electron chi connectivity index (χ4n) is 2.37. The lowest BCUT2D eigenvalue weighted by molar-refractivity contribution is -0.120. The minimum absolute atomic E-state index is 0.0611. The maximum Gasteiger partial charge on any atom is 0.224 e. The second kappa shape index (κ2) is 8.03. The van der Waals surface area contributed by atoms with Crippen LogP contribution in [0.1, 0.15) is 26.3 Å². The van der Waals surface area contributed by atoms with Crippen molar-refractivity contribution in [3.63, 3.8) is 0 Å². The van der Waals surface area contributed by atoms with Crippen LogP contribution in [-0.2, 0) is 11.2 Å². The van der Waals surface area contributed by atoms with Crippen molar-refractivity contribution in [2.24, 2.45) is 5.41 Å². The number of benzene rings is 1. The maximum atomic E-state index is 12.0. The zero-order valence-corrected chi connectivity index (χ0v) is 13.9. The van der Waals surface area contributed by atoms with Gasteiger partial charge in [0.25, 0.3) is 0 Å². The predicted octanol–water partition coefficient (Wildman–Crippen LogP) is 2.33. The normalized spacial score (nSPS) is 11.5. The van der Waals surface area contributed by atoms with Crippen molar-refractivity contribution < 1.29 is 9.53 Å². The first-order valence-corrected chi connectivity index (χ1v) is 7.45. The fraction of sp³-hybridized carbons (Fsp3) is 0.588. The topological polar surface area (TPSA) is 41.6 Å². The first-order valence-electron chi connectivity index (χ1n) is 7.45. The van der Waals surface area contributed by atoms with Gasteiger partial charge in [0.05, 0.1) is 13.0 Å². The molecule has 1 aromatic rings. The Hall–Kier alpha value is -1.55. The highest BCUT2D eigenvalue weighted by molar-refractivity contribution is 5.78. The highest BCUT2D eigenvalue weighted by Gasteiger charge is 2.19. The number of nitrogens with one attached hydrogen (secondary N) is 1. The molecule has 1 N–H and O–H groups in total. The molecule has 0 heterocycles. The molecule has 0 spiro atoms. The molecule has 0 saturated carbocycles. The van der Waals surface area contributed by atoms with Crippen LogP contribution in [0.2, 0.25) is 0 Å². The summed E-state index contributed by atoms with van der Waals surface area (Å²) in [6.45, 7) is 8.54. The minimum atomic E-state index is 0.0611. The van der Waals surface area contributed by atoms with E-state index < -0.39 is 0 Å². The summed E-state index contributed by atoms with van der Waals surface area (Å²) in [5.41, 5.74) is 1.07. The van der Waals surface area contributed by atoms with E-state index in [1.54, 1.807) is 0 Å². The second-order valence-corrected chi connectivity index (χ2v) is 6.43. The quantitative estimate of drug-likeness (QED) is 0.799. The fourth-order valence-corrected chi connectivity index (χ4v) is 2.37. The molecule has 0 aromatic heterocycles. The third kappa shape index (κ3) is 7.14. The molecule has 1 rings (SSSR count). The molecule has 118 valence electrons. The zero-order valence-electron chi connectivity index (χ0n) is 13.9. The Bertz CT molecular complexity index is 439. The Labute approximate surface area is 128 Å². The van der Waals surface area contributed by atoms with Gasteiger partial charge in [0, 0.05) is 13.1 Å². The van der Waals surface area contributed by atoms with E-state index in [2.05, 4.69) is 24.1 Å². The Morgan fingerprint density at radius 3 is 2.38 bits per heavy atom. The van der Waals surface area contributed by atoms with Gasteiger partial charge in [-0.1, -0.05) is 26.0 Å². The number of hydrogen-bond acceptors (Lipinski definition) is 3. The van der Waals surface area contributed by atoms with Crippen LogP contribution in [0.5, 0.6) is 5.75 Å². The molecule has 0 unspecified atom stereocenters. The molecular formula is C17H28N2O2. The summed E-state index contributed by atoms with van der Waals surface area (Å²) in [4.78, 5) is 14.1. The van der Waals surface area contributed by atoms with Crippen molar-refractivity contribution in [3.05, 3.63) is 29.8 Å². The highest BCUT2D eigenvalue weighted by atomic mass is 16.5. The summed E-state index contributed by atoms with van der Waals surface area (Å²) >= 11 is 0. The minimum Gasteiger partial charge on any atom is -0.494 e. The second-order valence-electron chi connectivity index (χ2n) is 6.43. The average Bonchev–Trinajstić information content (AvgIpc) is 2.38. The van der Waals surface area contributed by atoms with E-state index in [0.717, 1.165) is 17.9 Å². The number of rotatable bonds is 8. The summed E-state index contributed by atoms with van der Waals surface area (Å²) in [5, 5.41) is 3.02. The molecule has 4 nitrogen and oxygen atoms in total. The lowest BCUT2D eigenvalue weighted by Gasteiger charge is -2.28. The van der Waals surface area contributed by atoms with Crippen LogP contribution < -0.4 is 10.1 Å². The van der Waals surface area contributed by atoms with Crippen molar-refractivity contribution in [1.82, 2.24) is 10.2 Å². The number of carbonyl (C=O) groups excluding carboxylic acids is 1. The molecule has 0 fully saturated rings. The Morgan fingerprint density at radius 1 is 1.24 bits per heavy atom. The van der Waals surface area contributed by atoms with Crippen LogP contribution in [0.15, 0.2) is 24.3 Å². The van der Waals surface area contributed by atoms with Crippen molar-refractivity contribution >= 4 is 5.91 Å². The molecule has 1 aromatic carbocycles. The van der Waals surface area contributed by atoms with Crippen molar-refractivity contribution in [2.75, 3.05) is 33.8 Å². The van der Waals surface area contributed by atoms with Gasteiger partial charge in [-0.05, 0) is 44.1 Å². The molecule has 1 amide bonds. The van der Waals surface area contributed by atoms with Crippen LogP contribution >= 0.6 is 0 Å². The Kier molecular flexibility index (Phi) is 6.69. The number of amides is 1. The number of ether oxygens (including phenoxy) is 1. The molecule has 21 heavy (non-hydrogen) atoms. The molecule has 0 bridgehead atoms. The van der Waals surface area contributed by atoms with Gasteiger partial charge in [-0.3, -0.25) is 4.79 Å². The number of carbonyl (C=O) groups is 1. The van der Waals surface area contributed by atoms with Crippen LogP contribution in [0.25, 0.3) is 0 Å². The number of nitrogens with zero attached hydrogens (tertiary/aromatic N) is 1. The van der Waals surface area contributed by atoms with Crippen LogP contribution in [0, 0.1) is 5.41 Å². The summed E-state index contributed by atoms with van der Waals surface area (Å²) in [7, 11) is 4.09. The third-order valence-electron chi connectivity index (χ3n) is 3.11. The maximum absolute atomic E-state index is 12.0. The molecule has 0 aliphatic rings. The number of hydrogen-bond donors (Lipinski definition) is 1. The van der Waals surface area contributed by atoms with Gasteiger partial charge in [-0.15, -0.1) is 0 Å².